The summed E-state index contributed by atoms with van der Waals surface area (Å²) in [6, 6.07) is 2.11. The second-order valence-corrected chi connectivity index (χ2v) is 8.11. The lowest BCUT2D eigenvalue weighted by atomic mass is 10.00. The van der Waals surface area contributed by atoms with Crippen LogP contribution < -0.4 is 5.32 Å². The van der Waals surface area contributed by atoms with Gasteiger partial charge in [0.2, 0.25) is 5.91 Å². The number of aryl methyl sites for hydroxylation is 1. The van der Waals surface area contributed by atoms with E-state index in [0.717, 1.165) is 43.0 Å². The molecule has 1 saturated heterocycles. The highest BCUT2D eigenvalue weighted by atomic mass is 127. The van der Waals surface area contributed by atoms with Gasteiger partial charge >= 0.3 is 0 Å². The third-order valence-corrected chi connectivity index (χ3v) is 5.20. The number of piperidine rings is 1. The van der Waals surface area contributed by atoms with Crippen LogP contribution in [0.4, 0.5) is 0 Å². The molecule has 154 valence electrons. The first-order chi connectivity index (χ1) is 12.4. The number of carbonyl (C=O) groups is 1. The smallest absolute Gasteiger partial charge is 0.224 e. The summed E-state index contributed by atoms with van der Waals surface area (Å²) in [7, 11) is 4.06. The molecular weight excluding hydrogens is 521 g/mol. The van der Waals surface area contributed by atoms with Crippen molar-refractivity contribution in [2.75, 3.05) is 33.2 Å². The molecule has 6 nitrogen and oxygen atoms in total. The van der Waals surface area contributed by atoms with Crippen molar-refractivity contribution in [3.8, 4) is 0 Å². The zero-order valence-corrected chi connectivity index (χ0v) is 20.8. The van der Waals surface area contributed by atoms with Crippen molar-refractivity contribution in [1.29, 1.82) is 0 Å². The Morgan fingerprint density at radius 1 is 1.48 bits per heavy atom. The minimum absolute atomic E-state index is 0. The first-order valence-corrected chi connectivity index (χ1v) is 10.3. The van der Waals surface area contributed by atoms with Crippen molar-refractivity contribution < 1.29 is 4.79 Å². The monoisotopic (exact) mass is 553 g/mol. The molecule has 1 unspecified atom stereocenters. The Labute approximate surface area is 188 Å². The van der Waals surface area contributed by atoms with Crippen molar-refractivity contribution in [1.82, 2.24) is 19.7 Å². The van der Waals surface area contributed by atoms with Crippen LogP contribution in [0.1, 0.15) is 38.8 Å². The van der Waals surface area contributed by atoms with Crippen LogP contribution in [0.5, 0.6) is 0 Å². The first kappa shape index (κ1) is 24.3. The second-order valence-electron chi connectivity index (χ2n) is 7.19. The fourth-order valence-electron chi connectivity index (χ4n) is 3.34. The minimum atomic E-state index is 0. The predicted octanol–water partition coefficient (Wildman–Crippen LogP) is 3.45. The first-order valence-electron chi connectivity index (χ1n) is 9.48. The van der Waals surface area contributed by atoms with Crippen LogP contribution in [0.3, 0.4) is 0 Å². The molecule has 1 amide bonds. The Balaban J connectivity index is 0.00000364. The highest BCUT2D eigenvalue weighted by Gasteiger charge is 2.20. The molecule has 1 aromatic heterocycles. The van der Waals surface area contributed by atoms with E-state index < -0.39 is 0 Å². The number of hydrogen-bond donors (Lipinski definition) is 1. The van der Waals surface area contributed by atoms with Gasteiger partial charge in [-0.2, -0.15) is 0 Å². The van der Waals surface area contributed by atoms with Crippen LogP contribution in [0, 0.1) is 5.92 Å². The molecule has 1 aliphatic heterocycles. The lowest BCUT2D eigenvalue weighted by Gasteiger charge is -2.31. The third kappa shape index (κ3) is 7.63. The summed E-state index contributed by atoms with van der Waals surface area (Å²) in [6.45, 7) is 8.15. The molecule has 1 fully saturated rings. The molecular formula is C19H33BrIN5O. The number of nitrogens with one attached hydrogen (secondary N) is 1. The average Bonchev–Trinajstić information content (AvgIpc) is 2.91. The number of likely N-dealkylation sites (tertiary alicyclic amines) is 1. The van der Waals surface area contributed by atoms with Crippen LogP contribution in [0.25, 0.3) is 0 Å². The van der Waals surface area contributed by atoms with Crippen molar-refractivity contribution in [3.63, 3.8) is 0 Å². The van der Waals surface area contributed by atoms with Crippen LogP contribution >= 0.6 is 39.9 Å². The number of amides is 1. The van der Waals surface area contributed by atoms with Crippen molar-refractivity contribution in [3.05, 3.63) is 22.4 Å². The molecule has 1 aliphatic rings. The summed E-state index contributed by atoms with van der Waals surface area (Å²) < 4.78 is 3.18. The van der Waals surface area contributed by atoms with E-state index >= 15 is 0 Å². The lowest BCUT2D eigenvalue weighted by molar-refractivity contribution is -0.132. The van der Waals surface area contributed by atoms with E-state index in [1.54, 1.807) is 0 Å². The number of aromatic nitrogens is 1. The van der Waals surface area contributed by atoms with Gasteiger partial charge in [-0.3, -0.25) is 9.79 Å². The molecule has 0 saturated carbocycles. The lowest BCUT2D eigenvalue weighted by Crippen LogP contribution is -2.40. The standard InChI is InChI=1S/C19H32BrN5O.HI/c1-5-21-19(24(4)14-17-11-16(20)13-23(17)3)22-9-8-18(26)25-10-6-7-15(2)12-25;/h11,13,15H,5-10,12,14H2,1-4H3,(H,21,22);1H. The number of hydrogen-bond acceptors (Lipinski definition) is 2. The molecule has 0 spiro atoms. The zero-order chi connectivity index (χ0) is 19.1. The zero-order valence-electron chi connectivity index (χ0n) is 16.9. The highest BCUT2D eigenvalue weighted by molar-refractivity contribution is 14.0. The quantitative estimate of drug-likeness (QED) is 0.333. The molecule has 0 aromatic carbocycles. The second kappa shape index (κ2) is 11.9. The summed E-state index contributed by atoms with van der Waals surface area (Å²) in [4.78, 5) is 21.2. The summed E-state index contributed by atoms with van der Waals surface area (Å²) in [5.74, 6) is 1.68. The highest BCUT2D eigenvalue weighted by Crippen LogP contribution is 2.16. The molecule has 2 rings (SSSR count). The summed E-state index contributed by atoms with van der Waals surface area (Å²) in [5.41, 5.74) is 1.20. The van der Waals surface area contributed by atoms with E-state index in [-0.39, 0.29) is 29.9 Å². The van der Waals surface area contributed by atoms with Gasteiger partial charge in [-0.25, -0.2) is 0 Å². The van der Waals surface area contributed by atoms with Gasteiger partial charge in [-0.15, -0.1) is 24.0 Å². The van der Waals surface area contributed by atoms with E-state index in [0.29, 0.717) is 18.9 Å². The fraction of sp³-hybridized carbons (Fsp3) is 0.684. The number of rotatable bonds is 6. The maximum atomic E-state index is 12.4. The van der Waals surface area contributed by atoms with Crippen LogP contribution in [0.15, 0.2) is 21.7 Å². The fourth-order valence-corrected chi connectivity index (χ4v) is 3.91. The Hall–Kier alpha value is -0.770. The Morgan fingerprint density at radius 2 is 2.22 bits per heavy atom. The third-order valence-electron chi connectivity index (χ3n) is 4.77. The van der Waals surface area contributed by atoms with Gasteiger partial charge in [0.1, 0.15) is 0 Å². The van der Waals surface area contributed by atoms with E-state index in [9.17, 15) is 4.79 Å². The van der Waals surface area contributed by atoms with Gasteiger partial charge in [-0.05, 0) is 47.7 Å². The van der Waals surface area contributed by atoms with Gasteiger partial charge in [0.25, 0.3) is 0 Å². The van der Waals surface area contributed by atoms with Crippen LogP contribution in [-0.2, 0) is 18.4 Å². The summed E-state index contributed by atoms with van der Waals surface area (Å²) >= 11 is 3.51. The summed E-state index contributed by atoms with van der Waals surface area (Å²) in [5, 5.41) is 3.32. The van der Waals surface area contributed by atoms with Crippen molar-refractivity contribution in [2.45, 2.75) is 39.7 Å². The Morgan fingerprint density at radius 3 is 2.81 bits per heavy atom. The number of carbonyl (C=O) groups excluding carboxylic acids is 1. The van der Waals surface area contributed by atoms with E-state index in [1.807, 2.05) is 25.2 Å². The Bertz CT molecular complexity index is 634. The number of nitrogens with zero attached hydrogens (tertiary/aromatic N) is 4. The molecule has 2 heterocycles. The minimum Gasteiger partial charge on any atom is -0.357 e. The SMILES string of the molecule is CCNC(=NCCC(=O)N1CCCC(C)C1)N(C)Cc1cc(Br)cn1C.I. The van der Waals surface area contributed by atoms with Gasteiger partial charge in [0.05, 0.1) is 13.1 Å². The number of halogens is 2. The molecule has 1 aromatic rings. The molecule has 8 heteroatoms. The molecule has 1 N–H and O–H groups in total. The van der Waals surface area contributed by atoms with Crippen molar-refractivity contribution in [2.24, 2.45) is 18.0 Å². The van der Waals surface area contributed by atoms with E-state index in [4.69, 9.17) is 0 Å². The molecule has 0 radical (unpaired) electrons. The van der Waals surface area contributed by atoms with Crippen molar-refractivity contribution >= 4 is 51.8 Å². The molecule has 1 atom stereocenters. The van der Waals surface area contributed by atoms with Gasteiger partial charge in [-0.1, -0.05) is 6.92 Å². The maximum absolute atomic E-state index is 12.4. The van der Waals surface area contributed by atoms with Gasteiger partial charge in [0, 0.05) is 56.5 Å². The molecule has 0 bridgehead atoms. The number of guanidine groups is 1. The number of aliphatic imine (C=N–C) groups is 1. The normalized spacial score (nSPS) is 17.4. The Kier molecular flexibility index (Phi) is 10.7. The van der Waals surface area contributed by atoms with Gasteiger partial charge in [0.15, 0.2) is 5.96 Å². The topological polar surface area (TPSA) is 52.9 Å². The van der Waals surface area contributed by atoms with Crippen LogP contribution in [-0.4, -0.2) is 59.5 Å². The maximum Gasteiger partial charge on any atom is 0.224 e. The molecule has 0 aliphatic carbocycles. The largest absolute Gasteiger partial charge is 0.357 e. The van der Waals surface area contributed by atoms with E-state index in [2.05, 4.69) is 55.6 Å². The summed E-state index contributed by atoms with van der Waals surface area (Å²) in [6.07, 6.45) is 4.87. The predicted molar refractivity (Wildman–Crippen MR) is 126 cm³/mol. The molecule has 27 heavy (non-hydrogen) atoms. The van der Waals surface area contributed by atoms with Gasteiger partial charge < -0.3 is 19.7 Å². The average molecular weight is 554 g/mol. The van der Waals surface area contributed by atoms with Crippen LogP contribution in [0.2, 0.25) is 0 Å². The van der Waals surface area contributed by atoms with E-state index in [1.165, 1.54) is 12.1 Å².